The maximum Gasteiger partial charge on any atom is 0.224 e. The molecule has 3 rings (SSSR count). The van der Waals surface area contributed by atoms with Gasteiger partial charge in [-0.15, -0.1) is 5.10 Å². The molecule has 20 heavy (non-hydrogen) atoms. The first-order chi connectivity index (χ1) is 9.66. The molecule has 0 spiro atoms. The summed E-state index contributed by atoms with van der Waals surface area (Å²) in [5.41, 5.74) is 0.124. The van der Waals surface area contributed by atoms with Crippen molar-refractivity contribution in [2.24, 2.45) is 11.3 Å². The van der Waals surface area contributed by atoms with Gasteiger partial charge in [-0.3, -0.25) is 4.79 Å². The number of carbonyl (C=O) groups excluding carboxylic acids is 1. The molecular weight excluding hydrogens is 256 g/mol. The van der Waals surface area contributed by atoms with Crippen LogP contribution in [0.4, 0.5) is 5.82 Å². The van der Waals surface area contributed by atoms with Crippen LogP contribution in [-0.2, 0) is 9.53 Å². The molecule has 6 heteroatoms. The predicted molar refractivity (Wildman–Crippen MR) is 74.3 cm³/mol. The molecule has 0 bridgehead atoms. The van der Waals surface area contributed by atoms with Gasteiger partial charge in [-0.1, -0.05) is 6.92 Å². The number of ether oxygens (including phenoxy) is 1. The van der Waals surface area contributed by atoms with E-state index in [2.05, 4.69) is 27.3 Å². The summed E-state index contributed by atoms with van der Waals surface area (Å²) in [5, 5.41) is 11.0. The standard InChI is InChI=1S/C14H20N4O2/c1-14(9-20-10-14)8-15-13(19)11-4-6-18(7-11)12-3-2-5-16-17-12/h2-3,5,11H,4,6-10H2,1H3,(H,15,19). The number of rotatable bonds is 4. The smallest absolute Gasteiger partial charge is 0.224 e. The molecule has 0 radical (unpaired) electrons. The van der Waals surface area contributed by atoms with Gasteiger partial charge in [0, 0.05) is 31.2 Å². The molecule has 2 aliphatic heterocycles. The van der Waals surface area contributed by atoms with E-state index in [1.807, 2.05) is 12.1 Å². The second kappa shape index (κ2) is 5.36. The molecule has 1 N–H and O–H groups in total. The lowest BCUT2D eigenvalue weighted by Gasteiger charge is -2.38. The predicted octanol–water partition coefficient (Wildman–Crippen LogP) is 0.456. The highest BCUT2D eigenvalue weighted by molar-refractivity contribution is 5.80. The highest BCUT2D eigenvalue weighted by atomic mass is 16.5. The van der Waals surface area contributed by atoms with Crippen molar-refractivity contribution in [3.05, 3.63) is 18.3 Å². The summed E-state index contributed by atoms with van der Waals surface area (Å²) in [5.74, 6) is 1.04. The van der Waals surface area contributed by atoms with Gasteiger partial charge in [0.05, 0.1) is 19.1 Å². The number of nitrogens with one attached hydrogen (secondary N) is 1. The Hall–Kier alpha value is -1.69. The first kappa shape index (κ1) is 13.3. The summed E-state index contributed by atoms with van der Waals surface area (Å²) in [6, 6.07) is 3.80. The fourth-order valence-corrected chi connectivity index (χ4v) is 2.64. The Morgan fingerprint density at radius 2 is 2.45 bits per heavy atom. The molecule has 108 valence electrons. The molecule has 0 aromatic carbocycles. The monoisotopic (exact) mass is 276 g/mol. The van der Waals surface area contributed by atoms with Gasteiger partial charge in [-0.05, 0) is 18.6 Å². The van der Waals surface area contributed by atoms with Gasteiger partial charge in [0.15, 0.2) is 5.82 Å². The summed E-state index contributed by atoms with van der Waals surface area (Å²) in [6.45, 7) is 5.90. The van der Waals surface area contributed by atoms with Crippen LogP contribution in [-0.4, -0.2) is 49.0 Å². The Bertz CT molecular complexity index is 475. The lowest BCUT2D eigenvalue weighted by atomic mass is 9.88. The Balaban J connectivity index is 1.50. The molecule has 2 saturated heterocycles. The maximum absolute atomic E-state index is 12.2. The second-order valence-electron chi connectivity index (χ2n) is 6.03. The van der Waals surface area contributed by atoms with Crippen LogP contribution in [0.2, 0.25) is 0 Å². The number of nitrogens with zero attached hydrogens (tertiary/aromatic N) is 3. The number of aromatic nitrogens is 2. The number of amides is 1. The number of anilines is 1. The van der Waals surface area contributed by atoms with Crippen molar-refractivity contribution in [1.29, 1.82) is 0 Å². The summed E-state index contributed by atoms with van der Waals surface area (Å²) >= 11 is 0. The van der Waals surface area contributed by atoms with Gasteiger partial charge >= 0.3 is 0 Å². The van der Waals surface area contributed by atoms with Crippen LogP contribution in [0.15, 0.2) is 18.3 Å². The molecule has 0 saturated carbocycles. The third-order valence-electron chi connectivity index (χ3n) is 4.03. The van der Waals surface area contributed by atoms with Crippen molar-refractivity contribution in [3.8, 4) is 0 Å². The van der Waals surface area contributed by atoms with Crippen LogP contribution in [0.25, 0.3) is 0 Å². The van der Waals surface area contributed by atoms with Gasteiger partial charge in [-0.2, -0.15) is 5.10 Å². The Kier molecular flexibility index (Phi) is 3.56. The minimum absolute atomic E-state index is 0.0431. The normalized spacial score (nSPS) is 24.2. The van der Waals surface area contributed by atoms with Crippen LogP contribution in [0.5, 0.6) is 0 Å². The number of carbonyl (C=O) groups is 1. The summed E-state index contributed by atoms with van der Waals surface area (Å²) in [4.78, 5) is 14.3. The summed E-state index contributed by atoms with van der Waals surface area (Å²) in [6.07, 6.45) is 2.53. The Labute approximate surface area is 118 Å². The van der Waals surface area contributed by atoms with E-state index in [1.165, 1.54) is 0 Å². The molecule has 2 aliphatic rings. The van der Waals surface area contributed by atoms with Gasteiger partial charge in [0.1, 0.15) is 0 Å². The molecule has 6 nitrogen and oxygen atoms in total. The van der Waals surface area contributed by atoms with E-state index in [4.69, 9.17) is 4.74 Å². The molecule has 1 atom stereocenters. The topological polar surface area (TPSA) is 67.4 Å². The second-order valence-corrected chi connectivity index (χ2v) is 6.03. The van der Waals surface area contributed by atoms with Gasteiger partial charge in [0.2, 0.25) is 5.91 Å². The Morgan fingerprint density at radius 1 is 1.60 bits per heavy atom. The third kappa shape index (κ3) is 2.75. The average Bonchev–Trinajstić information content (AvgIpc) is 2.93. The molecular formula is C14H20N4O2. The minimum Gasteiger partial charge on any atom is -0.380 e. The quantitative estimate of drug-likeness (QED) is 0.865. The molecule has 3 heterocycles. The SMILES string of the molecule is CC1(CNC(=O)C2CCN(c3cccnn3)C2)COC1. The fourth-order valence-electron chi connectivity index (χ4n) is 2.64. The van der Waals surface area contributed by atoms with Gasteiger partial charge in [-0.25, -0.2) is 0 Å². The molecule has 0 aliphatic carbocycles. The van der Waals surface area contributed by atoms with E-state index < -0.39 is 0 Å². The molecule has 1 aromatic rings. The van der Waals surface area contributed by atoms with Crippen molar-refractivity contribution < 1.29 is 9.53 Å². The zero-order chi connectivity index (χ0) is 14.0. The highest BCUT2D eigenvalue weighted by Crippen LogP contribution is 2.26. The number of hydrogen-bond donors (Lipinski definition) is 1. The third-order valence-corrected chi connectivity index (χ3v) is 4.03. The van der Waals surface area contributed by atoms with Crippen molar-refractivity contribution >= 4 is 11.7 Å². The van der Waals surface area contributed by atoms with E-state index >= 15 is 0 Å². The average molecular weight is 276 g/mol. The molecule has 2 fully saturated rings. The van der Waals surface area contributed by atoms with Crippen molar-refractivity contribution in [2.45, 2.75) is 13.3 Å². The van der Waals surface area contributed by atoms with Crippen LogP contribution in [0, 0.1) is 11.3 Å². The summed E-state index contributed by atoms with van der Waals surface area (Å²) < 4.78 is 5.20. The van der Waals surface area contributed by atoms with Crippen LogP contribution in [0.3, 0.4) is 0 Å². The first-order valence-corrected chi connectivity index (χ1v) is 7.04. The van der Waals surface area contributed by atoms with Gasteiger partial charge < -0.3 is 15.0 Å². The molecule has 1 amide bonds. The molecule has 1 aromatic heterocycles. The van der Waals surface area contributed by atoms with Crippen molar-refractivity contribution in [2.75, 3.05) is 37.7 Å². The van der Waals surface area contributed by atoms with E-state index in [-0.39, 0.29) is 17.2 Å². The van der Waals surface area contributed by atoms with Crippen LogP contribution < -0.4 is 10.2 Å². The zero-order valence-electron chi connectivity index (χ0n) is 11.7. The zero-order valence-corrected chi connectivity index (χ0v) is 11.7. The van der Waals surface area contributed by atoms with Crippen molar-refractivity contribution in [1.82, 2.24) is 15.5 Å². The van der Waals surface area contributed by atoms with E-state index in [1.54, 1.807) is 6.20 Å². The summed E-state index contributed by atoms with van der Waals surface area (Å²) in [7, 11) is 0. The van der Waals surface area contributed by atoms with E-state index in [0.717, 1.165) is 38.5 Å². The lowest BCUT2D eigenvalue weighted by molar-refractivity contribution is -0.129. The van der Waals surface area contributed by atoms with Crippen LogP contribution in [0.1, 0.15) is 13.3 Å². The highest BCUT2D eigenvalue weighted by Gasteiger charge is 2.35. The van der Waals surface area contributed by atoms with Crippen LogP contribution >= 0.6 is 0 Å². The number of hydrogen-bond acceptors (Lipinski definition) is 5. The van der Waals surface area contributed by atoms with Crippen molar-refractivity contribution in [3.63, 3.8) is 0 Å². The largest absolute Gasteiger partial charge is 0.380 e. The lowest BCUT2D eigenvalue weighted by Crippen LogP contribution is -2.49. The van der Waals surface area contributed by atoms with E-state index in [0.29, 0.717) is 6.54 Å². The molecule has 1 unspecified atom stereocenters. The fraction of sp³-hybridized carbons (Fsp3) is 0.643. The minimum atomic E-state index is 0.0431. The van der Waals surface area contributed by atoms with Gasteiger partial charge in [0.25, 0.3) is 0 Å². The Morgan fingerprint density at radius 3 is 3.10 bits per heavy atom. The maximum atomic E-state index is 12.2. The van der Waals surface area contributed by atoms with E-state index in [9.17, 15) is 4.79 Å². The first-order valence-electron chi connectivity index (χ1n) is 7.04.